The molecule has 164 valence electrons. The van der Waals surface area contributed by atoms with E-state index in [0.29, 0.717) is 38.3 Å². The van der Waals surface area contributed by atoms with Gasteiger partial charge in [0.2, 0.25) is 5.91 Å². The second kappa shape index (κ2) is 9.64. The van der Waals surface area contributed by atoms with Crippen LogP contribution in [-0.4, -0.2) is 57.6 Å². The van der Waals surface area contributed by atoms with E-state index in [-0.39, 0.29) is 17.7 Å². The van der Waals surface area contributed by atoms with Crippen molar-refractivity contribution in [1.82, 2.24) is 19.6 Å². The van der Waals surface area contributed by atoms with Gasteiger partial charge in [0.1, 0.15) is 5.69 Å². The van der Waals surface area contributed by atoms with Crippen LogP contribution in [0.25, 0.3) is 11.1 Å². The van der Waals surface area contributed by atoms with Gasteiger partial charge in [-0.15, -0.1) is 6.58 Å². The molecule has 1 saturated heterocycles. The molecule has 0 aliphatic carbocycles. The molecule has 3 aromatic rings. The molecule has 0 spiro atoms. The third kappa shape index (κ3) is 4.80. The monoisotopic (exact) mass is 428 g/mol. The van der Waals surface area contributed by atoms with Crippen molar-refractivity contribution in [3.8, 4) is 11.1 Å². The minimum Gasteiger partial charge on any atom is -0.337 e. The van der Waals surface area contributed by atoms with Crippen LogP contribution in [0.1, 0.15) is 16.1 Å². The summed E-state index contributed by atoms with van der Waals surface area (Å²) in [7, 11) is 1.79. The zero-order valence-electron chi connectivity index (χ0n) is 18.4. The summed E-state index contributed by atoms with van der Waals surface area (Å²) in [5, 5.41) is 4.25. The Morgan fingerprint density at radius 3 is 2.44 bits per heavy atom. The Kier molecular flexibility index (Phi) is 6.50. The highest BCUT2D eigenvalue weighted by molar-refractivity contribution is 5.93. The van der Waals surface area contributed by atoms with Crippen molar-refractivity contribution in [3.63, 3.8) is 0 Å². The molecule has 4 rings (SSSR count). The average Bonchev–Trinajstić information content (AvgIpc) is 3.20. The molecule has 1 aromatic heterocycles. The first-order valence-corrected chi connectivity index (χ1v) is 10.9. The normalized spacial score (nSPS) is 16.7. The zero-order chi connectivity index (χ0) is 22.5. The van der Waals surface area contributed by atoms with Crippen molar-refractivity contribution in [2.24, 2.45) is 13.0 Å². The molecule has 2 amide bonds. The molecule has 32 heavy (non-hydrogen) atoms. The largest absolute Gasteiger partial charge is 0.337 e. The zero-order valence-corrected chi connectivity index (χ0v) is 18.4. The van der Waals surface area contributed by atoms with E-state index in [1.165, 1.54) is 0 Å². The number of hydrogen-bond acceptors (Lipinski definition) is 3. The van der Waals surface area contributed by atoms with Crippen LogP contribution in [0.3, 0.4) is 0 Å². The first-order chi connectivity index (χ1) is 15.5. The van der Waals surface area contributed by atoms with Crippen LogP contribution in [-0.2, 0) is 18.3 Å². The van der Waals surface area contributed by atoms with Gasteiger partial charge in [0.05, 0.1) is 5.92 Å². The van der Waals surface area contributed by atoms with Crippen LogP contribution in [0.2, 0.25) is 0 Å². The first-order valence-electron chi connectivity index (χ1n) is 10.9. The number of benzene rings is 2. The van der Waals surface area contributed by atoms with Crippen molar-refractivity contribution in [1.29, 1.82) is 0 Å². The summed E-state index contributed by atoms with van der Waals surface area (Å²) in [5.41, 5.74) is 3.78. The van der Waals surface area contributed by atoms with Gasteiger partial charge in [-0.05, 0) is 29.2 Å². The van der Waals surface area contributed by atoms with Crippen molar-refractivity contribution in [2.45, 2.75) is 6.42 Å². The lowest BCUT2D eigenvalue weighted by Gasteiger charge is -2.23. The molecule has 0 radical (unpaired) electrons. The van der Waals surface area contributed by atoms with Gasteiger partial charge in [-0.1, -0.05) is 60.7 Å². The molecule has 1 aliphatic rings. The third-order valence-corrected chi connectivity index (χ3v) is 5.85. The number of nitrogens with zero attached hydrogens (tertiary/aromatic N) is 4. The maximum atomic E-state index is 13.3. The molecule has 0 N–H and O–H groups in total. The minimum absolute atomic E-state index is 0.0633. The van der Waals surface area contributed by atoms with Gasteiger partial charge in [0, 0.05) is 39.4 Å². The lowest BCUT2D eigenvalue weighted by Crippen LogP contribution is -2.38. The molecule has 1 aliphatic heterocycles. The number of amides is 2. The van der Waals surface area contributed by atoms with Gasteiger partial charge in [0.15, 0.2) is 0 Å². The fraction of sp³-hybridized carbons (Fsp3) is 0.269. The molecule has 2 heterocycles. The SMILES string of the molecule is C=CCN1CCN(C(=O)c2ccn(C)n2)C[C@@H](Cc2ccc(-c3ccccc3)cc2)C1=O. The summed E-state index contributed by atoms with van der Waals surface area (Å²) in [6.07, 6.45) is 4.07. The molecular formula is C26H28N4O2. The highest BCUT2D eigenvalue weighted by Gasteiger charge is 2.32. The predicted molar refractivity (Wildman–Crippen MR) is 125 cm³/mol. The summed E-state index contributed by atoms with van der Waals surface area (Å²) in [5.74, 6) is -0.385. The van der Waals surface area contributed by atoms with Gasteiger partial charge in [-0.3, -0.25) is 14.3 Å². The van der Waals surface area contributed by atoms with Gasteiger partial charge in [0.25, 0.3) is 5.91 Å². The summed E-state index contributed by atoms with van der Waals surface area (Å²) >= 11 is 0. The fourth-order valence-corrected chi connectivity index (χ4v) is 4.16. The quantitative estimate of drug-likeness (QED) is 0.566. The average molecular weight is 429 g/mol. The van der Waals surface area contributed by atoms with Crippen LogP contribution in [0.4, 0.5) is 0 Å². The Morgan fingerprint density at radius 1 is 1.06 bits per heavy atom. The standard InChI is InChI=1S/C26H28N4O2/c1-3-14-29-16-17-30(26(32)24-13-15-28(2)27-24)19-23(25(29)31)18-20-9-11-22(12-10-20)21-7-5-4-6-8-21/h3-13,15,23H,1,14,16-19H2,2H3/t23-/m1/s1. The van der Waals surface area contributed by atoms with Crippen LogP contribution >= 0.6 is 0 Å². The van der Waals surface area contributed by atoms with E-state index in [1.54, 1.807) is 39.9 Å². The van der Waals surface area contributed by atoms with Crippen LogP contribution in [0.15, 0.2) is 79.5 Å². The maximum absolute atomic E-state index is 13.3. The Bertz CT molecular complexity index is 1090. The fourth-order valence-electron chi connectivity index (χ4n) is 4.16. The predicted octanol–water partition coefficient (Wildman–Crippen LogP) is 3.42. The third-order valence-electron chi connectivity index (χ3n) is 5.85. The van der Waals surface area contributed by atoms with E-state index in [1.807, 2.05) is 18.2 Å². The van der Waals surface area contributed by atoms with Gasteiger partial charge >= 0.3 is 0 Å². The molecule has 2 aromatic carbocycles. The molecule has 1 atom stereocenters. The second-order valence-corrected chi connectivity index (χ2v) is 8.16. The van der Waals surface area contributed by atoms with E-state index in [0.717, 1.165) is 16.7 Å². The number of aryl methyl sites for hydroxylation is 1. The van der Waals surface area contributed by atoms with E-state index >= 15 is 0 Å². The molecule has 0 saturated carbocycles. The molecule has 0 unspecified atom stereocenters. The van der Waals surface area contributed by atoms with E-state index in [2.05, 4.69) is 48.1 Å². The number of carbonyl (C=O) groups excluding carboxylic acids is 2. The van der Waals surface area contributed by atoms with E-state index in [9.17, 15) is 9.59 Å². The number of aromatic nitrogens is 2. The molecule has 6 heteroatoms. The second-order valence-electron chi connectivity index (χ2n) is 8.16. The van der Waals surface area contributed by atoms with Gasteiger partial charge in [-0.2, -0.15) is 5.10 Å². The van der Waals surface area contributed by atoms with Crippen LogP contribution in [0, 0.1) is 5.92 Å². The highest BCUT2D eigenvalue weighted by Crippen LogP contribution is 2.22. The van der Waals surface area contributed by atoms with Gasteiger partial charge in [-0.25, -0.2) is 0 Å². The minimum atomic E-state index is -0.312. The number of rotatable bonds is 6. The summed E-state index contributed by atoms with van der Waals surface area (Å²) in [6.45, 7) is 5.62. The van der Waals surface area contributed by atoms with E-state index < -0.39 is 0 Å². The Labute approximate surface area is 188 Å². The van der Waals surface area contributed by atoms with Crippen LogP contribution < -0.4 is 0 Å². The summed E-state index contributed by atoms with van der Waals surface area (Å²) in [4.78, 5) is 29.8. The lowest BCUT2D eigenvalue weighted by molar-refractivity contribution is -0.134. The van der Waals surface area contributed by atoms with Crippen molar-refractivity contribution in [3.05, 3.63) is 90.8 Å². The van der Waals surface area contributed by atoms with E-state index in [4.69, 9.17) is 0 Å². The van der Waals surface area contributed by atoms with Crippen molar-refractivity contribution in [2.75, 3.05) is 26.2 Å². The molecular weight excluding hydrogens is 400 g/mol. The molecule has 1 fully saturated rings. The molecule has 6 nitrogen and oxygen atoms in total. The molecule has 0 bridgehead atoms. The highest BCUT2D eigenvalue weighted by atomic mass is 16.2. The Hall–Kier alpha value is -3.67. The maximum Gasteiger partial charge on any atom is 0.274 e. The Morgan fingerprint density at radius 2 is 1.78 bits per heavy atom. The van der Waals surface area contributed by atoms with Crippen LogP contribution in [0.5, 0.6) is 0 Å². The van der Waals surface area contributed by atoms with Crippen molar-refractivity contribution >= 4 is 11.8 Å². The van der Waals surface area contributed by atoms with Gasteiger partial charge < -0.3 is 9.80 Å². The summed E-state index contributed by atoms with van der Waals surface area (Å²) in [6, 6.07) is 20.2. The topological polar surface area (TPSA) is 58.4 Å². The Balaban J connectivity index is 1.54. The lowest BCUT2D eigenvalue weighted by atomic mass is 9.95. The smallest absolute Gasteiger partial charge is 0.274 e. The summed E-state index contributed by atoms with van der Waals surface area (Å²) < 4.78 is 1.62. The number of carbonyl (C=O) groups is 2. The first kappa shape index (κ1) is 21.6. The number of hydrogen-bond donors (Lipinski definition) is 0. The van der Waals surface area contributed by atoms with Crippen molar-refractivity contribution < 1.29 is 9.59 Å².